The molecule has 1 heterocycles. The van der Waals surface area contributed by atoms with Crippen LogP contribution >= 0.6 is 0 Å². The van der Waals surface area contributed by atoms with E-state index in [1.807, 2.05) is 19.1 Å². The SMILES string of the molecule is CCNC(=NCc1ccc(Oc2cccnc2)c(F)c1)Nc1ccc(OC)c(OC)c1. The third-order valence-electron chi connectivity index (χ3n) is 4.27. The number of aromatic nitrogens is 1. The summed E-state index contributed by atoms with van der Waals surface area (Å²) in [5.74, 6) is 1.95. The first-order valence-corrected chi connectivity index (χ1v) is 9.76. The molecule has 0 spiro atoms. The van der Waals surface area contributed by atoms with Gasteiger partial charge in [0.15, 0.2) is 29.0 Å². The third kappa shape index (κ3) is 6.08. The molecule has 0 amide bonds. The summed E-state index contributed by atoms with van der Waals surface area (Å²) >= 11 is 0. The predicted molar refractivity (Wildman–Crippen MR) is 119 cm³/mol. The maximum atomic E-state index is 14.5. The summed E-state index contributed by atoms with van der Waals surface area (Å²) < 4.78 is 30.6. The number of hydrogen-bond acceptors (Lipinski definition) is 5. The summed E-state index contributed by atoms with van der Waals surface area (Å²) in [5.41, 5.74) is 1.49. The molecule has 0 aliphatic heterocycles. The van der Waals surface area contributed by atoms with Crippen LogP contribution in [0.25, 0.3) is 0 Å². The van der Waals surface area contributed by atoms with Gasteiger partial charge in [0, 0.05) is 24.5 Å². The van der Waals surface area contributed by atoms with Gasteiger partial charge in [-0.25, -0.2) is 9.38 Å². The molecule has 0 saturated carbocycles. The Kier molecular flexibility index (Phi) is 7.64. The van der Waals surface area contributed by atoms with Crippen molar-refractivity contribution in [3.05, 3.63) is 72.3 Å². The zero-order valence-electron chi connectivity index (χ0n) is 17.7. The second kappa shape index (κ2) is 10.8. The molecular formula is C23H25FN4O3. The number of rotatable bonds is 8. The number of benzene rings is 2. The highest BCUT2D eigenvalue weighted by Crippen LogP contribution is 2.29. The van der Waals surface area contributed by atoms with Gasteiger partial charge in [0.2, 0.25) is 0 Å². The molecule has 0 aliphatic rings. The van der Waals surface area contributed by atoms with Crippen LogP contribution in [0.1, 0.15) is 12.5 Å². The van der Waals surface area contributed by atoms with Crippen LogP contribution in [0, 0.1) is 5.82 Å². The number of nitrogens with zero attached hydrogens (tertiary/aromatic N) is 2. The lowest BCUT2D eigenvalue weighted by atomic mass is 10.2. The Balaban J connectivity index is 1.70. The van der Waals surface area contributed by atoms with Crippen LogP contribution in [0.2, 0.25) is 0 Å². The van der Waals surface area contributed by atoms with E-state index < -0.39 is 5.82 Å². The Morgan fingerprint density at radius 3 is 2.52 bits per heavy atom. The van der Waals surface area contributed by atoms with Crippen molar-refractivity contribution in [2.75, 3.05) is 26.1 Å². The molecule has 0 saturated heterocycles. The van der Waals surface area contributed by atoms with Crippen molar-refractivity contribution >= 4 is 11.6 Å². The van der Waals surface area contributed by atoms with E-state index in [1.54, 1.807) is 50.7 Å². The van der Waals surface area contributed by atoms with E-state index in [9.17, 15) is 4.39 Å². The van der Waals surface area contributed by atoms with Crippen molar-refractivity contribution < 1.29 is 18.6 Å². The molecule has 3 aromatic rings. The molecule has 0 atom stereocenters. The van der Waals surface area contributed by atoms with Crippen molar-refractivity contribution in [1.82, 2.24) is 10.3 Å². The fourth-order valence-electron chi connectivity index (χ4n) is 2.79. The van der Waals surface area contributed by atoms with Crippen LogP contribution in [-0.4, -0.2) is 31.7 Å². The third-order valence-corrected chi connectivity index (χ3v) is 4.27. The first-order valence-electron chi connectivity index (χ1n) is 9.76. The van der Waals surface area contributed by atoms with E-state index >= 15 is 0 Å². The summed E-state index contributed by atoms with van der Waals surface area (Å²) in [4.78, 5) is 8.49. The standard InChI is InChI=1S/C23H25FN4O3/c1-4-26-23(28-17-8-10-21(29-2)22(13-17)30-3)27-14-16-7-9-20(19(24)12-16)31-18-6-5-11-25-15-18/h5-13,15H,4,14H2,1-3H3,(H2,26,27,28). The van der Waals surface area contributed by atoms with Crippen LogP contribution in [0.5, 0.6) is 23.0 Å². The van der Waals surface area contributed by atoms with Crippen molar-refractivity contribution in [3.63, 3.8) is 0 Å². The van der Waals surface area contributed by atoms with Gasteiger partial charge in [-0.15, -0.1) is 0 Å². The van der Waals surface area contributed by atoms with Crippen LogP contribution < -0.4 is 24.8 Å². The fraction of sp³-hybridized carbons (Fsp3) is 0.217. The number of ether oxygens (including phenoxy) is 3. The number of aliphatic imine (C=N–C) groups is 1. The zero-order valence-corrected chi connectivity index (χ0v) is 17.7. The molecule has 7 nitrogen and oxygen atoms in total. The normalized spacial score (nSPS) is 11.0. The highest BCUT2D eigenvalue weighted by molar-refractivity contribution is 5.93. The van der Waals surface area contributed by atoms with Gasteiger partial charge in [0.1, 0.15) is 5.75 Å². The lowest BCUT2D eigenvalue weighted by Gasteiger charge is -2.14. The molecule has 8 heteroatoms. The zero-order chi connectivity index (χ0) is 22.1. The quantitative estimate of drug-likeness (QED) is 0.406. The van der Waals surface area contributed by atoms with Gasteiger partial charge in [0.25, 0.3) is 0 Å². The number of pyridine rings is 1. The highest BCUT2D eigenvalue weighted by Gasteiger charge is 2.08. The minimum atomic E-state index is -0.464. The lowest BCUT2D eigenvalue weighted by Crippen LogP contribution is -2.30. The van der Waals surface area contributed by atoms with Crippen molar-refractivity contribution in [2.24, 2.45) is 4.99 Å². The first-order chi connectivity index (χ1) is 15.1. The Morgan fingerprint density at radius 2 is 1.84 bits per heavy atom. The molecule has 3 rings (SSSR count). The Morgan fingerprint density at radius 1 is 1.03 bits per heavy atom. The van der Waals surface area contributed by atoms with Crippen molar-refractivity contribution in [2.45, 2.75) is 13.5 Å². The van der Waals surface area contributed by atoms with E-state index in [-0.39, 0.29) is 12.3 Å². The molecule has 0 fully saturated rings. The second-order valence-corrected chi connectivity index (χ2v) is 6.45. The van der Waals surface area contributed by atoms with Crippen LogP contribution in [0.4, 0.5) is 10.1 Å². The summed E-state index contributed by atoms with van der Waals surface area (Å²) in [5, 5.41) is 6.38. The van der Waals surface area contributed by atoms with E-state index in [4.69, 9.17) is 14.2 Å². The minimum absolute atomic E-state index is 0.135. The fourth-order valence-corrected chi connectivity index (χ4v) is 2.79. The van der Waals surface area contributed by atoms with Gasteiger partial charge in [0.05, 0.1) is 27.0 Å². The molecule has 0 aliphatic carbocycles. The van der Waals surface area contributed by atoms with Crippen molar-refractivity contribution in [1.29, 1.82) is 0 Å². The van der Waals surface area contributed by atoms with Crippen LogP contribution in [0.15, 0.2) is 65.9 Å². The largest absolute Gasteiger partial charge is 0.493 e. The van der Waals surface area contributed by atoms with Gasteiger partial charge in [-0.3, -0.25) is 4.98 Å². The van der Waals surface area contributed by atoms with Gasteiger partial charge >= 0.3 is 0 Å². The van der Waals surface area contributed by atoms with E-state index in [1.165, 1.54) is 12.3 Å². The molecule has 2 aromatic carbocycles. The minimum Gasteiger partial charge on any atom is -0.493 e. The molecule has 0 radical (unpaired) electrons. The summed E-state index contributed by atoms with van der Waals surface area (Å²) in [7, 11) is 3.17. The Labute approximate surface area is 180 Å². The maximum Gasteiger partial charge on any atom is 0.196 e. The summed E-state index contributed by atoms with van der Waals surface area (Å²) in [6.07, 6.45) is 3.16. The lowest BCUT2D eigenvalue weighted by molar-refractivity contribution is 0.355. The Bertz CT molecular complexity index is 1030. The molecule has 0 bridgehead atoms. The number of anilines is 1. The van der Waals surface area contributed by atoms with Crippen molar-refractivity contribution in [3.8, 4) is 23.0 Å². The molecular weight excluding hydrogens is 399 g/mol. The highest BCUT2D eigenvalue weighted by atomic mass is 19.1. The summed E-state index contributed by atoms with van der Waals surface area (Å²) in [6, 6.07) is 13.7. The maximum absolute atomic E-state index is 14.5. The Hall–Kier alpha value is -3.81. The summed E-state index contributed by atoms with van der Waals surface area (Å²) in [6.45, 7) is 2.92. The predicted octanol–water partition coefficient (Wildman–Crippen LogP) is 4.61. The average molecular weight is 424 g/mol. The second-order valence-electron chi connectivity index (χ2n) is 6.45. The molecule has 2 N–H and O–H groups in total. The van der Waals surface area contributed by atoms with E-state index in [0.717, 1.165) is 5.69 Å². The van der Waals surface area contributed by atoms with E-state index in [2.05, 4.69) is 20.6 Å². The molecule has 1 aromatic heterocycles. The smallest absolute Gasteiger partial charge is 0.196 e. The first kappa shape index (κ1) is 21.9. The average Bonchev–Trinajstić information content (AvgIpc) is 2.80. The number of guanidine groups is 1. The van der Waals surface area contributed by atoms with Crippen LogP contribution in [-0.2, 0) is 6.54 Å². The van der Waals surface area contributed by atoms with Crippen LogP contribution in [0.3, 0.4) is 0 Å². The molecule has 0 unspecified atom stereocenters. The molecule has 31 heavy (non-hydrogen) atoms. The number of halogens is 1. The van der Waals surface area contributed by atoms with Gasteiger partial charge in [-0.2, -0.15) is 0 Å². The number of methoxy groups -OCH3 is 2. The van der Waals surface area contributed by atoms with Gasteiger partial charge in [-0.05, 0) is 48.9 Å². The monoisotopic (exact) mass is 424 g/mol. The van der Waals surface area contributed by atoms with Gasteiger partial charge in [-0.1, -0.05) is 6.07 Å². The number of hydrogen-bond donors (Lipinski definition) is 2. The van der Waals surface area contributed by atoms with Gasteiger partial charge < -0.3 is 24.8 Å². The molecule has 162 valence electrons. The number of nitrogens with one attached hydrogen (secondary N) is 2. The topological polar surface area (TPSA) is 77.0 Å². The van der Waals surface area contributed by atoms with E-state index in [0.29, 0.717) is 35.3 Å².